The van der Waals surface area contributed by atoms with Gasteiger partial charge in [0.1, 0.15) is 5.82 Å². The quantitative estimate of drug-likeness (QED) is 0.698. The van der Waals surface area contributed by atoms with Crippen LogP contribution in [0.3, 0.4) is 0 Å². The van der Waals surface area contributed by atoms with Crippen molar-refractivity contribution in [2.45, 2.75) is 6.54 Å². The van der Waals surface area contributed by atoms with Crippen molar-refractivity contribution in [1.29, 1.82) is 0 Å². The van der Waals surface area contributed by atoms with Crippen molar-refractivity contribution in [2.24, 2.45) is 0 Å². The van der Waals surface area contributed by atoms with E-state index in [2.05, 4.69) is 4.98 Å². The van der Waals surface area contributed by atoms with E-state index < -0.39 is 0 Å². The van der Waals surface area contributed by atoms with Gasteiger partial charge in [-0.25, -0.2) is 4.98 Å². The molecule has 0 aliphatic heterocycles. The van der Waals surface area contributed by atoms with Crippen LogP contribution in [0.5, 0.6) is 0 Å². The molecule has 1 aromatic carbocycles. The fourth-order valence-electron chi connectivity index (χ4n) is 2.11. The topological polar surface area (TPSA) is 33.2 Å². The van der Waals surface area contributed by atoms with Gasteiger partial charge < -0.3 is 0 Å². The Bertz CT molecular complexity index is 759. The summed E-state index contributed by atoms with van der Waals surface area (Å²) < 4.78 is 0. The van der Waals surface area contributed by atoms with Crippen LogP contribution in [0.4, 0.5) is 5.82 Å². The smallest absolute Gasteiger partial charge is 0.259 e. The molecular formula is C17H13ClN2OS. The molecular weight excluding hydrogens is 316 g/mol. The molecule has 3 nitrogen and oxygen atoms in total. The summed E-state index contributed by atoms with van der Waals surface area (Å²) >= 11 is 7.61. The van der Waals surface area contributed by atoms with Gasteiger partial charge in [0.25, 0.3) is 5.91 Å². The first-order chi connectivity index (χ1) is 10.7. The highest BCUT2D eigenvalue weighted by Gasteiger charge is 2.19. The standard InChI is InChI=1S/C17H13ClN2OS/c18-14-6-3-5-13(11-14)17(21)20(12-15-7-4-10-22-15)16-8-1-2-9-19-16/h1-11H,12H2. The van der Waals surface area contributed by atoms with E-state index >= 15 is 0 Å². The van der Waals surface area contributed by atoms with E-state index in [1.807, 2.05) is 35.7 Å². The van der Waals surface area contributed by atoms with E-state index in [-0.39, 0.29) is 5.91 Å². The molecule has 2 aromatic heterocycles. The van der Waals surface area contributed by atoms with Crippen LogP contribution in [0.15, 0.2) is 66.2 Å². The van der Waals surface area contributed by atoms with Crippen LogP contribution in [0, 0.1) is 0 Å². The van der Waals surface area contributed by atoms with Crippen LogP contribution in [-0.4, -0.2) is 10.9 Å². The molecule has 0 saturated carbocycles. The minimum absolute atomic E-state index is 0.116. The summed E-state index contributed by atoms with van der Waals surface area (Å²) in [4.78, 5) is 19.9. The summed E-state index contributed by atoms with van der Waals surface area (Å²) in [5.41, 5.74) is 0.551. The maximum absolute atomic E-state index is 12.9. The molecule has 0 fully saturated rings. The van der Waals surface area contributed by atoms with E-state index in [1.165, 1.54) is 0 Å². The molecule has 0 aliphatic rings. The van der Waals surface area contributed by atoms with Gasteiger partial charge in [-0.2, -0.15) is 0 Å². The second-order valence-electron chi connectivity index (χ2n) is 4.67. The second-order valence-corrected chi connectivity index (χ2v) is 6.14. The number of nitrogens with zero attached hydrogens (tertiary/aromatic N) is 2. The van der Waals surface area contributed by atoms with Gasteiger partial charge in [-0.1, -0.05) is 29.8 Å². The highest BCUT2D eigenvalue weighted by molar-refractivity contribution is 7.09. The van der Waals surface area contributed by atoms with E-state index in [0.29, 0.717) is 22.9 Å². The van der Waals surface area contributed by atoms with E-state index in [9.17, 15) is 4.79 Å². The van der Waals surface area contributed by atoms with Crippen molar-refractivity contribution in [2.75, 3.05) is 4.90 Å². The van der Waals surface area contributed by atoms with Crippen LogP contribution in [0.2, 0.25) is 5.02 Å². The van der Waals surface area contributed by atoms with Gasteiger partial charge in [-0.15, -0.1) is 11.3 Å². The number of benzene rings is 1. The number of pyridine rings is 1. The van der Waals surface area contributed by atoms with Crippen molar-refractivity contribution in [1.82, 2.24) is 4.98 Å². The Morgan fingerprint density at radius 1 is 1.14 bits per heavy atom. The first-order valence-corrected chi connectivity index (χ1v) is 8.00. The number of carbonyl (C=O) groups excluding carboxylic acids is 1. The minimum Gasteiger partial charge on any atom is -0.287 e. The highest BCUT2D eigenvalue weighted by atomic mass is 35.5. The number of anilines is 1. The Balaban J connectivity index is 1.96. The molecule has 0 radical (unpaired) electrons. The number of carbonyl (C=O) groups is 1. The Hall–Kier alpha value is -2.17. The largest absolute Gasteiger partial charge is 0.287 e. The molecule has 0 aliphatic carbocycles. The van der Waals surface area contributed by atoms with Crippen LogP contribution >= 0.6 is 22.9 Å². The van der Waals surface area contributed by atoms with Gasteiger partial charge in [-0.3, -0.25) is 9.69 Å². The number of halogens is 1. The molecule has 0 unspecified atom stereocenters. The Morgan fingerprint density at radius 2 is 2.05 bits per heavy atom. The molecule has 3 rings (SSSR count). The number of rotatable bonds is 4. The molecule has 0 bridgehead atoms. The SMILES string of the molecule is O=C(c1cccc(Cl)c1)N(Cc1cccs1)c1ccccn1. The van der Waals surface area contributed by atoms with Gasteiger partial charge in [0.05, 0.1) is 6.54 Å². The van der Waals surface area contributed by atoms with Gasteiger partial charge >= 0.3 is 0 Å². The van der Waals surface area contributed by atoms with Crippen LogP contribution in [0.25, 0.3) is 0 Å². The Kier molecular flexibility index (Phi) is 4.51. The average molecular weight is 329 g/mol. The number of amides is 1. The van der Waals surface area contributed by atoms with Gasteiger partial charge in [-0.05, 0) is 41.8 Å². The van der Waals surface area contributed by atoms with Crippen molar-refractivity contribution >= 4 is 34.7 Å². The van der Waals surface area contributed by atoms with Crippen molar-refractivity contribution in [3.8, 4) is 0 Å². The zero-order valence-corrected chi connectivity index (χ0v) is 13.2. The normalized spacial score (nSPS) is 10.4. The molecule has 5 heteroatoms. The third-order valence-corrected chi connectivity index (χ3v) is 4.23. The summed E-state index contributed by atoms with van der Waals surface area (Å²) in [6, 6.07) is 16.5. The second kappa shape index (κ2) is 6.73. The summed E-state index contributed by atoms with van der Waals surface area (Å²) in [5.74, 6) is 0.510. The van der Waals surface area contributed by atoms with Crippen molar-refractivity contribution in [3.05, 3.63) is 81.6 Å². The summed E-state index contributed by atoms with van der Waals surface area (Å²) in [7, 11) is 0. The lowest BCUT2D eigenvalue weighted by Crippen LogP contribution is -2.30. The fourth-order valence-corrected chi connectivity index (χ4v) is 2.99. The molecule has 0 saturated heterocycles. The van der Waals surface area contributed by atoms with E-state index in [0.717, 1.165) is 4.88 Å². The van der Waals surface area contributed by atoms with Gasteiger partial charge in [0.2, 0.25) is 0 Å². The lowest BCUT2D eigenvalue weighted by molar-refractivity contribution is 0.0984. The summed E-state index contributed by atoms with van der Waals surface area (Å²) in [5, 5.41) is 2.54. The minimum atomic E-state index is -0.116. The maximum atomic E-state index is 12.9. The highest BCUT2D eigenvalue weighted by Crippen LogP contribution is 2.21. The van der Waals surface area contributed by atoms with Crippen LogP contribution in [-0.2, 0) is 6.54 Å². The van der Waals surface area contributed by atoms with E-state index in [4.69, 9.17) is 11.6 Å². The summed E-state index contributed by atoms with van der Waals surface area (Å²) in [6.45, 7) is 0.486. The van der Waals surface area contributed by atoms with Crippen LogP contribution < -0.4 is 4.90 Å². The number of hydrogen-bond donors (Lipinski definition) is 0. The van der Waals surface area contributed by atoms with Crippen LogP contribution in [0.1, 0.15) is 15.2 Å². The molecule has 2 heterocycles. The number of thiophene rings is 1. The number of aromatic nitrogens is 1. The van der Waals surface area contributed by atoms with E-state index in [1.54, 1.807) is 46.7 Å². The lowest BCUT2D eigenvalue weighted by Gasteiger charge is -2.21. The Morgan fingerprint density at radius 3 is 2.73 bits per heavy atom. The van der Waals surface area contributed by atoms with Gasteiger partial charge in [0, 0.05) is 21.7 Å². The molecule has 0 spiro atoms. The van der Waals surface area contributed by atoms with Gasteiger partial charge in [0.15, 0.2) is 0 Å². The van der Waals surface area contributed by atoms with Crippen molar-refractivity contribution in [3.63, 3.8) is 0 Å². The fraction of sp³-hybridized carbons (Fsp3) is 0.0588. The number of hydrogen-bond acceptors (Lipinski definition) is 3. The molecule has 1 amide bonds. The predicted molar refractivity (Wildman–Crippen MR) is 90.5 cm³/mol. The monoisotopic (exact) mass is 328 g/mol. The average Bonchev–Trinajstić information content (AvgIpc) is 3.06. The molecule has 0 atom stereocenters. The first kappa shape index (κ1) is 14.8. The first-order valence-electron chi connectivity index (χ1n) is 6.75. The molecule has 110 valence electrons. The van der Waals surface area contributed by atoms with Crippen molar-refractivity contribution < 1.29 is 4.79 Å². The molecule has 22 heavy (non-hydrogen) atoms. The Labute approximate surface area is 137 Å². The third-order valence-electron chi connectivity index (χ3n) is 3.14. The predicted octanol–water partition coefficient (Wildman–Crippen LogP) is 4.64. The molecule has 3 aromatic rings. The lowest BCUT2D eigenvalue weighted by atomic mass is 10.2. The zero-order valence-electron chi connectivity index (χ0n) is 11.6. The summed E-state index contributed by atoms with van der Waals surface area (Å²) in [6.07, 6.45) is 1.68. The third kappa shape index (κ3) is 3.35. The zero-order chi connectivity index (χ0) is 15.4. The molecule has 0 N–H and O–H groups in total. The maximum Gasteiger partial charge on any atom is 0.259 e.